The molecule has 24 heavy (non-hydrogen) atoms. The van der Waals surface area contributed by atoms with Gasteiger partial charge in [-0.3, -0.25) is 4.79 Å². The van der Waals surface area contributed by atoms with Crippen molar-refractivity contribution in [2.45, 2.75) is 39.2 Å². The zero-order valence-corrected chi connectivity index (χ0v) is 14.2. The van der Waals surface area contributed by atoms with E-state index in [0.29, 0.717) is 44.3 Å². The monoisotopic (exact) mass is 329 g/mol. The Labute approximate surface area is 141 Å². The minimum atomic E-state index is 0.109. The summed E-state index contributed by atoms with van der Waals surface area (Å²) in [6.07, 6.45) is 1.84. The lowest BCUT2D eigenvalue weighted by Gasteiger charge is -2.33. The minimum absolute atomic E-state index is 0.109. The molecule has 1 amide bonds. The van der Waals surface area contributed by atoms with E-state index in [-0.39, 0.29) is 11.9 Å². The number of rotatable bonds is 5. The third kappa shape index (κ3) is 3.82. The average molecular weight is 329 g/mol. The van der Waals surface area contributed by atoms with Crippen LogP contribution in [0.1, 0.15) is 31.7 Å². The Kier molecular flexibility index (Phi) is 5.25. The molecule has 1 aromatic heterocycles. The van der Waals surface area contributed by atoms with Crippen molar-refractivity contribution in [3.8, 4) is 11.4 Å². The van der Waals surface area contributed by atoms with E-state index >= 15 is 0 Å². The molecule has 1 aromatic carbocycles. The second kappa shape index (κ2) is 7.57. The maximum atomic E-state index is 12.3. The lowest BCUT2D eigenvalue weighted by Crippen LogP contribution is -2.47. The largest absolute Gasteiger partial charge is 0.377 e. The summed E-state index contributed by atoms with van der Waals surface area (Å²) < 4.78 is 10.6. The van der Waals surface area contributed by atoms with E-state index in [1.807, 2.05) is 24.0 Å². The summed E-state index contributed by atoms with van der Waals surface area (Å²) in [5.41, 5.74) is 2.20. The Bertz CT molecular complexity index is 681. The number of ether oxygens (including phenoxy) is 1. The van der Waals surface area contributed by atoms with Gasteiger partial charge in [-0.25, -0.2) is 0 Å². The molecule has 2 heterocycles. The fourth-order valence-electron chi connectivity index (χ4n) is 2.82. The summed E-state index contributed by atoms with van der Waals surface area (Å²) in [6, 6.07) is 8.24. The molecule has 128 valence electrons. The summed E-state index contributed by atoms with van der Waals surface area (Å²) >= 11 is 0. The molecule has 0 bridgehead atoms. The molecule has 1 fully saturated rings. The number of benzene rings is 1. The summed E-state index contributed by atoms with van der Waals surface area (Å²) in [5.74, 6) is 1.18. The van der Waals surface area contributed by atoms with Crippen molar-refractivity contribution in [3.63, 3.8) is 0 Å². The second-order valence-corrected chi connectivity index (χ2v) is 6.07. The first-order valence-electron chi connectivity index (χ1n) is 8.46. The number of nitrogens with zero attached hydrogens (tertiary/aromatic N) is 3. The topological polar surface area (TPSA) is 68.5 Å². The molecule has 2 aromatic rings. The standard InChI is InChI=1S/C18H23N3O3/c1-3-14-4-6-15(7-5-14)18-19-16(24-20-18)8-9-17(22)21-10-11-23-12-13(21)2/h4-7,13H,3,8-12H2,1-2H3/t13-/m0/s1. The zero-order chi connectivity index (χ0) is 16.9. The van der Waals surface area contributed by atoms with Gasteiger partial charge in [-0.2, -0.15) is 4.98 Å². The first-order valence-corrected chi connectivity index (χ1v) is 8.46. The van der Waals surface area contributed by atoms with Crippen molar-refractivity contribution in [1.29, 1.82) is 0 Å². The molecule has 1 aliphatic heterocycles. The van der Waals surface area contributed by atoms with Crippen LogP contribution in [-0.4, -0.2) is 46.7 Å². The van der Waals surface area contributed by atoms with E-state index in [9.17, 15) is 4.79 Å². The Hall–Kier alpha value is -2.21. The molecule has 6 nitrogen and oxygen atoms in total. The van der Waals surface area contributed by atoms with Crippen LogP contribution in [0, 0.1) is 0 Å². The van der Waals surface area contributed by atoms with Gasteiger partial charge in [-0.05, 0) is 18.9 Å². The number of carbonyl (C=O) groups is 1. The van der Waals surface area contributed by atoms with Crippen molar-refractivity contribution in [2.24, 2.45) is 0 Å². The average Bonchev–Trinajstić information content (AvgIpc) is 3.09. The number of amides is 1. The van der Waals surface area contributed by atoms with Gasteiger partial charge in [0.15, 0.2) is 0 Å². The highest BCUT2D eigenvalue weighted by molar-refractivity contribution is 5.76. The number of hydrogen-bond acceptors (Lipinski definition) is 5. The molecule has 0 N–H and O–H groups in total. The fraction of sp³-hybridized carbons (Fsp3) is 0.500. The first-order chi connectivity index (χ1) is 11.7. The second-order valence-electron chi connectivity index (χ2n) is 6.07. The zero-order valence-electron chi connectivity index (χ0n) is 14.2. The van der Waals surface area contributed by atoms with E-state index in [4.69, 9.17) is 9.26 Å². The van der Waals surface area contributed by atoms with E-state index in [1.165, 1.54) is 5.56 Å². The summed E-state index contributed by atoms with van der Waals surface area (Å²) in [5, 5.41) is 4.02. The molecule has 0 saturated carbocycles. The molecule has 0 radical (unpaired) electrons. The first kappa shape index (κ1) is 16.6. The predicted octanol–water partition coefficient (Wildman–Crippen LogP) is 2.48. The highest BCUT2D eigenvalue weighted by atomic mass is 16.5. The van der Waals surface area contributed by atoms with E-state index < -0.39 is 0 Å². The van der Waals surface area contributed by atoms with Crippen LogP contribution in [0.15, 0.2) is 28.8 Å². The van der Waals surface area contributed by atoms with E-state index in [1.54, 1.807) is 0 Å². The highest BCUT2D eigenvalue weighted by Gasteiger charge is 2.23. The maximum Gasteiger partial charge on any atom is 0.227 e. The van der Waals surface area contributed by atoms with Crippen LogP contribution in [0.4, 0.5) is 0 Å². The molecule has 6 heteroatoms. The molecular formula is C18H23N3O3. The van der Waals surface area contributed by atoms with Crippen molar-refractivity contribution in [2.75, 3.05) is 19.8 Å². The predicted molar refractivity (Wildman–Crippen MR) is 89.4 cm³/mol. The quantitative estimate of drug-likeness (QED) is 0.843. The van der Waals surface area contributed by atoms with Gasteiger partial charge in [0.2, 0.25) is 17.6 Å². The van der Waals surface area contributed by atoms with Crippen LogP contribution in [0.5, 0.6) is 0 Å². The summed E-state index contributed by atoms with van der Waals surface area (Å²) in [6.45, 7) is 5.98. The summed E-state index contributed by atoms with van der Waals surface area (Å²) in [7, 11) is 0. The summed E-state index contributed by atoms with van der Waals surface area (Å²) in [4.78, 5) is 18.6. The third-order valence-corrected chi connectivity index (χ3v) is 4.33. The molecule has 0 unspecified atom stereocenters. The SMILES string of the molecule is CCc1ccc(-c2noc(CCC(=O)N3CCOC[C@@H]3C)n2)cc1. The number of aryl methyl sites for hydroxylation is 2. The Morgan fingerprint density at radius 2 is 2.12 bits per heavy atom. The smallest absolute Gasteiger partial charge is 0.227 e. The van der Waals surface area contributed by atoms with Gasteiger partial charge in [0, 0.05) is 24.9 Å². The van der Waals surface area contributed by atoms with Crippen LogP contribution >= 0.6 is 0 Å². The van der Waals surface area contributed by atoms with Gasteiger partial charge in [0.25, 0.3) is 0 Å². The van der Waals surface area contributed by atoms with Crippen LogP contribution in [0.2, 0.25) is 0 Å². The maximum absolute atomic E-state index is 12.3. The Morgan fingerprint density at radius 3 is 2.83 bits per heavy atom. The van der Waals surface area contributed by atoms with Crippen LogP contribution in [0.3, 0.4) is 0 Å². The molecule has 0 aliphatic carbocycles. The molecule has 1 aliphatic rings. The van der Waals surface area contributed by atoms with Crippen molar-refractivity contribution >= 4 is 5.91 Å². The molecular weight excluding hydrogens is 306 g/mol. The van der Waals surface area contributed by atoms with Gasteiger partial charge in [-0.1, -0.05) is 36.3 Å². The number of aromatic nitrogens is 2. The van der Waals surface area contributed by atoms with Crippen molar-refractivity contribution < 1.29 is 14.1 Å². The molecule has 1 atom stereocenters. The lowest BCUT2D eigenvalue weighted by atomic mass is 10.1. The Morgan fingerprint density at radius 1 is 1.33 bits per heavy atom. The molecule has 3 rings (SSSR count). The number of carbonyl (C=O) groups excluding carboxylic acids is 1. The van der Waals surface area contributed by atoms with Crippen LogP contribution < -0.4 is 0 Å². The van der Waals surface area contributed by atoms with E-state index in [2.05, 4.69) is 29.2 Å². The number of hydrogen-bond donors (Lipinski definition) is 0. The van der Waals surface area contributed by atoms with Crippen LogP contribution in [-0.2, 0) is 22.4 Å². The minimum Gasteiger partial charge on any atom is -0.377 e. The lowest BCUT2D eigenvalue weighted by molar-refractivity contribution is -0.139. The fourth-order valence-corrected chi connectivity index (χ4v) is 2.82. The van der Waals surface area contributed by atoms with E-state index in [0.717, 1.165) is 12.0 Å². The van der Waals surface area contributed by atoms with Gasteiger partial charge in [-0.15, -0.1) is 0 Å². The van der Waals surface area contributed by atoms with Gasteiger partial charge < -0.3 is 14.2 Å². The molecule has 0 spiro atoms. The van der Waals surface area contributed by atoms with Crippen molar-refractivity contribution in [1.82, 2.24) is 15.0 Å². The normalized spacial score (nSPS) is 17.9. The van der Waals surface area contributed by atoms with Gasteiger partial charge in [0.1, 0.15) is 0 Å². The number of morpholine rings is 1. The van der Waals surface area contributed by atoms with Gasteiger partial charge >= 0.3 is 0 Å². The Balaban J connectivity index is 1.58. The van der Waals surface area contributed by atoms with Gasteiger partial charge in [0.05, 0.1) is 19.3 Å². The van der Waals surface area contributed by atoms with Crippen LogP contribution in [0.25, 0.3) is 11.4 Å². The van der Waals surface area contributed by atoms with Crippen molar-refractivity contribution in [3.05, 3.63) is 35.7 Å². The third-order valence-electron chi connectivity index (χ3n) is 4.33. The highest BCUT2D eigenvalue weighted by Crippen LogP contribution is 2.18. The molecule has 1 saturated heterocycles.